The lowest BCUT2D eigenvalue weighted by atomic mass is 9.90. The van der Waals surface area contributed by atoms with Crippen LogP contribution >= 0.6 is 0 Å². The maximum absolute atomic E-state index is 11.9. The van der Waals surface area contributed by atoms with Gasteiger partial charge in [-0.05, 0) is 50.7 Å². The fraction of sp³-hybridized carbons (Fsp3) is 0.941. The Morgan fingerprint density at radius 3 is 2.64 bits per heavy atom. The molecule has 128 valence electrons. The molecule has 22 heavy (non-hydrogen) atoms. The molecule has 5 heteroatoms. The van der Waals surface area contributed by atoms with Crippen molar-refractivity contribution in [1.82, 2.24) is 0 Å². The molecule has 0 aromatic heterocycles. The zero-order valence-corrected chi connectivity index (χ0v) is 16.0. The van der Waals surface area contributed by atoms with Crippen LogP contribution < -0.4 is 0 Å². The summed E-state index contributed by atoms with van der Waals surface area (Å²) in [7, 11) is -1.70. The molecule has 0 N–H and O–H groups in total. The minimum absolute atomic E-state index is 0.0526. The Balaban J connectivity index is 1.86. The lowest BCUT2D eigenvalue weighted by molar-refractivity contribution is -0.164. The Labute approximate surface area is 136 Å². The van der Waals surface area contributed by atoms with Crippen LogP contribution in [0.3, 0.4) is 0 Å². The van der Waals surface area contributed by atoms with Gasteiger partial charge in [-0.2, -0.15) is 0 Å². The summed E-state index contributed by atoms with van der Waals surface area (Å²) in [4.78, 5) is 11.9. The van der Waals surface area contributed by atoms with Crippen LogP contribution in [0.5, 0.6) is 0 Å². The van der Waals surface area contributed by atoms with Crippen LogP contribution in [0.15, 0.2) is 0 Å². The van der Waals surface area contributed by atoms with Crippen LogP contribution in [0.25, 0.3) is 0 Å². The van der Waals surface area contributed by atoms with E-state index in [0.717, 1.165) is 32.3 Å². The largest absolute Gasteiger partial charge is 0.457 e. The lowest BCUT2D eigenvalue weighted by Gasteiger charge is -2.37. The van der Waals surface area contributed by atoms with Crippen molar-refractivity contribution in [3.05, 3.63) is 0 Å². The lowest BCUT2D eigenvalue weighted by Crippen LogP contribution is -2.43. The number of hydrogen-bond acceptors (Lipinski definition) is 4. The predicted octanol–water partition coefficient (Wildman–Crippen LogP) is 4.04. The van der Waals surface area contributed by atoms with Gasteiger partial charge in [0.1, 0.15) is 5.60 Å². The van der Waals surface area contributed by atoms with Crippen molar-refractivity contribution in [2.75, 3.05) is 6.61 Å². The van der Waals surface area contributed by atoms with Gasteiger partial charge in [-0.3, -0.25) is 4.79 Å². The average Bonchev–Trinajstić information content (AvgIpc) is 2.77. The van der Waals surface area contributed by atoms with Crippen molar-refractivity contribution in [3.63, 3.8) is 0 Å². The molecule has 2 bridgehead atoms. The Hall–Kier alpha value is -0.393. The first-order valence-electron chi connectivity index (χ1n) is 8.55. The van der Waals surface area contributed by atoms with Crippen LogP contribution in [0, 0.1) is 0 Å². The van der Waals surface area contributed by atoms with Crippen LogP contribution in [0.4, 0.5) is 0 Å². The number of esters is 1. The SMILES string of the molecule is CC(C)(C)[Si](C)(C)OCCC[C@@]1(C)OC(=O)C[C@@H]2CC[C@H]1O2. The number of rotatable bonds is 5. The summed E-state index contributed by atoms with van der Waals surface area (Å²) in [6.45, 7) is 14.0. The zero-order chi connectivity index (χ0) is 16.6. The van der Waals surface area contributed by atoms with E-state index in [2.05, 4.69) is 33.9 Å². The number of ether oxygens (including phenoxy) is 2. The van der Waals surface area contributed by atoms with E-state index in [-0.39, 0.29) is 23.2 Å². The minimum atomic E-state index is -1.70. The van der Waals surface area contributed by atoms with Gasteiger partial charge in [0.25, 0.3) is 0 Å². The van der Waals surface area contributed by atoms with Crippen LogP contribution in [0.1, 0.15) is 59.8 Å². The van der Waals surface area contributed by atoms with E-state index in [4.69, 9.17) is 13.9 Å². The standard InChI is InChI=1S/C17H32O4Si/c1-16(2,3)22(5,6)19-11-7-10-17(4)14-9-8-13(20-14)12-15(18)21-17/h13-14H,7-12H2,1-6H3/t13-,14+,17+/m0/s1. The number of carbonyl (C=O) groups is 1. The summed E-state index contributed by atoms with van der Waals surface area (Å²) >= 11 is 0. The Morgan fingerprint density at radius 2 is 2.00 bits per heavy atom. The first-order valence-corrected chi connectivity index (χ1v) is 11.5. The summed E-state index contributed by atoms with van der Waals surface area (Å²) in [6.07, 6.45) is 4.23. The van der Waals surface area contributed by atoms with Crippen molar-refractivity contribution in [2.24, 2.45) is 0 Å². The topological polar surface area (TPSA) is 44.8 Å². The molecule has 0 unspecified atom stereocenters. The quantitative estimate of drug-likeness (QED) is 0.434. The first kappa shape index (κ1) is 18.0. The molecule has 2 rings (SSSR count). The van der Waals surface area contributed by atoms with Gasteiger partial charge < -0.3 is 13.9 Å². The second kappa shape index (κ2) is 6.25. The van der Waals surface area contributed by atoms with Gasteiger partial charge in [0.05, 0.1) is 18.6 Å². The molecule has 0 aliphatic carbocycles. The highest BCUT2D eigenvalue weighted by Gasteiger charge is 2.46. The molecule has 0 saturated carbocycles. The minimum Gasteiger partial charge on any atom is -0.457 e. The summed E-state index contributed by atoms with van der Waals surface area (Å²) < 4.78 is 17.9. The Bertz CT molecular complexity index is 415. The van der Waals surface area contributed by atoms with Crippen molar-refractivity contribution >= 4 is 14.3 Å². The summed E-state index contributed by atoms with van der Waals surface area (Å²) in [5.41, 5.74) is -0.487. The van der Waals surface area contributed by atoms with Crippen LogP contribution in [0.2, 0.25) is 18.1 Å². The molecule has 0 radical (unpaired) electrons. The molecule has 0 amide bonds. The molecule has 2 heterocycles. The number of hydrogen-bond donors (Lipinski definition) is 0. The molecular weight excluding hydrogens is 296 g/mol. The van der Waals surface area contributed by atoms with E-state index in [1.54, 1.807) is 0 Å². The van der Waals surface area contributed by atoms with Crippen molar-refractivity contribution in [3.8, 4) is 0 Å². The van der Waals surface area contributed by atoms with Gasteiger partial charge in [-0.15, -0.1) is 0 Å². The zero-order valence-electron chi connectivity index (χ0n) is 15.0. The van der Waals surface area contributed by atoms with E-state index >= 15 is 0 Å². The van der Waals surface area contributed by atoms with Gasteiger partial charge in [-0.25, -0.2) is 0 Å². The molecule has 4 nitrogen and oxygen atoms in total. The maximum Gasteiger partial charge on any atom is 0.309 e. The molecule has 3 atom stereocenters. The summed E-state index contributed by atoms with van der Waals surface area (Å²) in [5.74, 6) is -0.111. The van der Waals surface area contributed by atoms with E-state index in [9.17, 15) is 4.79 Å². The maximum atomic E-state index is 11.9. The number of carbonyl (C=O) groups excluding carboxylic acids is 1. The first-order chi connectivity index (χ1) is 10.0. The molecular formula is C17H32O4Si. The summed E-state index contributed by atoms with van der Waals surface area (Å²) in [5, 5.41) is 0.230. The van der Waals surface area contributed by atoms with E-state index < -0.39 is 13.9 Å². The fourth-order valence-electron chi connectivity index (χ4n) is 3.04. The van der Waals surface area contributed by atoms with E-state index in [1.807, 2.05) is 6.92 Å². The summed E-state index contributed by atoms with van der Waals surface area (Å²) in [6, 6.07) is 0. The molecule has 0 aromatic rings. The third-order valence-corrected chi connectivity index (χ3v) is 10.2. The fourth-order valence-corrected chi connectivity index (χ4v) is 4.13. The normalized spacial score (nSPS) is 32.7. The smallest absolute Gasteiger partial charge is 0.309 e. The Kier molecular flexibility index (Phi) is 5.10. The third-order valence-electron chi connectivity index (χ3n) is 5.62. The molecule has 0 aromatic carbocycles. The molecule has 2 saturated heterocycles. The molecule has 2 aliphatic rings. The molecule has 0 spiro atoms. The van der Waals surface area contributed by atoms with Gasteiger partial charge >= 0.3 is 5.97 Å². The Morgan fingerprint density at radius 1 is 1.32 bits per heavy atom. The highest BCUT2D eigenvalue weighted by molar-refractivity contribution is 6.74. The van der Waals surface area contributed by atoms with E-state index in [1.165, 1.54) is 0 Å². The average molecular weight is 329 g/mol. The highest BCUT2D eigenvalue weighted by Crippen LogP contribution is 2.39. The van der Waals surface area contributed by atoms with Crippen LogP contribution in [-0.2, 0) is 18.7 Å². The van der Waals surface area contributed by atoms with Crippen molar-refractivity contribution in [1.29, 1.82) is 0 Å². The third kappa shape index (κ3) is 3.92. The molecule has 2 fully saturated rings. The molecule has 2 aliphatic heterocycles. The predicted molar refractivity (Wildman–Crippen MR) is 89.4 cm³/mol. The second-order valence-corrected chi connectivity index (χ2v) is 13.3. The van der Waals surface area contributed by atoms with Crippen LogP contribution in [-0.4, -0.2) is 38.7 Å². The van der Waals surface area contributed by atoms with E-state index in [0.29, 0.717) is 6.42 Å². The van der Waals surface area contributed by atoms with Crippen molar-refractivity contribution < 1.29 is 18.7 Å². The van der Waals surface area contributed by atoms with Gasteiger partial charge in [0, 0.05) is 6.61 Å². The van der Waals surface area contributed by atoms with Crippen molar-refractivity contribution in [2.45, 2.75) is 95.7 Å². The van der Waals surface area contributed by atoms with Gasteiger partial charge in [0.15, 0.2) is 8.32 Å². The monoisotopic (exact) mass is 328 g/mol. The second-order valence-electron chi connectivity index (χ2n) is 8.53. The highest BCUT2D eigenvalue weighted by atomic mass is 28.4. The number of fused-ring (bicyclic) bond motifs is 2. The van der Waals surface area contributed by atoms with Gasteiger partial charge in [-0.1, -0.05) is 20.8 Å². The van der Waals surface area contributed by atoms with Gasteiger partial charge in [0.2, 0.25) is 0 Å². The number of cyclic esters (lactones) is 1.